The molecule has 1 aromatic rings. The number of nitrogens with zero attached hydrogens (tertiary/aromatic N) is 3. The second-order valence-electron chi connectivity index (χ2n) is 3.74. The van der Waals surface area contributed by atoms with Crippen molar-refractivity contribution in [2.45, 2.75) is 12.8 Å². The van der Waals surface area contributed by atoms with Crippen molar-refractivity contribution >= 4 is 11.9 Å². The van der Waals surface area contributed by atoms with Gasteiger partial charge in [-0.05, 0) is 30.5 Å². The molecule has 0 unspecified atom stereocenters. The summed E-state index contributed by atoms with van der Waals surface area (Å²) in [5.74, 6) is 0.954. The van der Waals surface area contributed by atoms with Gasteiger partial charge < -0.3 is 4.90 Å². The molecule has 0 bridgehead atoms. The van der Waals surface area contributed by atoms with Crippen LogP contribution in [-0.2, 0) is 0 Å². The van der Waals surface area contributed by atoms with Gasteiger partial charge in [-0.25, -0.2) is 4.98 Å². The second-order valence-corrected chi connectivity index (χ2v) is 3.74. The number of pyridine rings is 1. The third-order valence-electron chi connectivity index (χ3n) is 2.59. The van der Waals surface area contributed by atoms with Gasteiger partial charge in [0.15, 0.2) is 0 Å². The number of nitro groups is 1. The molecule has 0 atom stereocenters. The van der Waals surface area contributed by atoms with E-state index in [1.807, 2.05) is 12.1 Å². The minimum absolute atomic E-state index is 0.478. The topological polar surface area (TPSA) is 59.3 Å². The summed E-state index contributed by atoms with van der Waals surface area (Å²) in [6.45, 7) is 2.11. The molecule has 0 N–H and O–H groups in total. The zero-order chi connectivity index (χ0) is 11.4. The minimum atomic E-state index is -0.478. The summed E-state index contributed by atoms with van der Waals surface area (Å²) in [4.78, 5) is 16.2. The summed E-state index contributed by atoms with van der Waals surface area (Å²) in [5, 5.41) is 10.1. The van der Waals surface area contributed by atoms with Gasteiger partial charge in [-0.2, -0.15) is 0 Å². The maximum absolute atomic E-state index is 10.1. The van der Waals surface area contributed by atoms with Crippen LogP contribution in [0.4, 0.5) is 5.82 Å². The molecular formula is C11H13N3O2. The van der Waals surface area contributed by atoms with Crippen LogP contribution in [0.25, 0.3) is 6.08 Å². The molecule has 16 heavy (non-hydrogen) atoms. The Morgan fingerprint density at radius 3 is 2.69 bits per heavy atom. The van der Waals surface area contributed by atoms with Crippen LogP contribution in [0.5, 0.6) is 0 Å². The maximum atomic E-state index is 10.1. The van der Waals surface area contributed by atoms with E-state index in [0.717, 1.165) is 30.7 Å². The van der Waals surface area contributed by atoms with Gasteiger partial charge in [-0.1, -0.05) is 0 Å². The van der Waals surface area contributed by atoms with Gasteiger partial charge in [0.2, 0.25) is 6.20 Å². The summed E-state index contributed by atoms with van der Waals surface area (Å²) in [5.41, 5.74) is 0.750. The normalized spacial score (nSPS) is 15.9. The van der Waals surface area contributed by atoms with Crippen LogP contribution >= 0.6 is 0 Å². The highest BCUT2D eigenvalue weighted by Crippen LogP contribution is 2.17. The Morgan fingerprint density at radius 2 is 2.12 bits per heavy atom. The van der Waals surface area contributed by atoms with Crippen molar-refractivity contribution < 1.29 is 4.92 Å². The molecule has 1 aliphatic rings. The molecule has 1 aromatic heterocycles. The molecule has 0 spiro atoms. The van der Waals surface area contributed by atoms with E-state index in [0.29, 0.717) is 0 Å². The maximum Gasteiger partial charge on any atom is 0.235 e. The first-order valence-electron chi connectivity index (χ1n) is 5.28. The number of aromatic nitrogens is 1. The second kappa shape index (κ2) is 4.74. The van der Waals surface area contributed by atoms with E-state index in [1.54, 1.807) is 6.20 Å². The van der Waals surface area contributed by atoms with Crippen LogP contribution in [0.2, 0.25) is 0 Å². The van der Waals surface area contributed by atoms with Gasteiger partial charge in [-0.3, -0.25) is 10.1 Å². The van der Waals surface area contributed by atoms with E-state index in [-0.39, 0.29) is 0 Å². The van der Waals surface area contributed by atoms with Crippen LogP contribution in [-0.4, -0.2) is 23.0 Å². The quantitative estimate of drug-likeness (QED) is 0.575. The van der Waals surface area contributed by atoms with Crippen LogP contribution in [0.15, 0.2) is 24.5 Å². The van der Waals surface area contributed by atoms with Crippen molar-refractivity contribution in [2.75, 3.05) is 18.0 Å². The Morgan fingerprint density at radius 1 is 1.38 bits per heavy atom. The van der Waals surface area contributed by atoms with Crippen molar-refractivity contribution in [2.24, 2.45) is 0 Å². The van der Waals surface area contributed by atoms with Crippen LogP contribution in [0, 0.1) is 10.1 Å². The fourth-order valence-corrected chi connectivity index (χ4v) is 1.78. The number of hydrogen-bond donors (Lipinski definition) is 0. The molecule has 84 valence electrons. The third-order valence-corrected chi connectivity index (χ3v) is 2.59. The summed E-state index contributed by atoms with van der Waals surface area (Å²) in [6.07, 6.45) is 6.45. The summed E-state index contributed by atoms with van der Waals surface area (Å²) in [7, 11) is 0. The van der Waals surface area contributed by atoms with Crippen molar-refractivity contribution in [3.05, 3.63) is 40.2 Å². The fraction of sp³-hybridized carbons (Fsp3) is 0.364. The average Bonchev–Trinajstić information content (AvgIpc) is 2.80. The number of anilines is 1. The Kier molecular flexibility index (Phi) is 3.14. The van der Waals surface area contributed by atoms with E-state index in [1.165, 1.54) is 18.9 Å². The van der Waals surface area contributed by atoms with Gasteiger partial charge in [0, 0.05) is 25.4 Å². The minimum Gasteiger partial charge on any atom is -0.357 e. The Labute approximate surface area is 93.6 Å². The SMILES string of the molecule is O=[N+]([O-])/C=C/c1ccc(N2CCCC2)nc1. The van der Waals surface area contributed by atoms with Crippen LogP contribution in [0.1, 0.15) is 18.4 Å². The molecule has 0 radical (unpaired) electrons. The smallest absolute Gasteiger partial charge is 0.235 e. The lowest BCUT2D eigenvalue weighted by molar-refractivity contribution is -0.400. The molecule has 2 rings (SSSR count). The van der Waals surface area contributed by atoms with Gasteiger partial charge in [0.05, 0.1) is 4.92 Å². The molecule has 0 aliphatic carbocycles. The van der Waals surface area contributed by atoms with Gasteiger partial charge in [0.1, 0.15) is 5.82 Å². The van der Waals surface area contributed by atoms with E-state index >= 15 is 0 Å². The molecule has 2 heterocycles. The van der Waals surface area contributed by atoms with Crippen LogP contribution < -0.4 is 4.90 Å². The highest BCUT2D eigenvalue weighted by molar-refractivity contribution is 5.50. The Balaban J connectivity index is 2.06. The molecule has 5 heteroatoms. The van der Waals surface area contributed by atoms with Crippen molar-refractivity contribution in [1.29, 1.82) is 0 Å². The first kappa shape index (κ1) is 10.6. The molecular weight excluding hydrogens is 206 g/mol. The predicted octanol–water partition coefficient (Wildman–Crippen LogP) is 1.93. The molecule has 1 aliphatic heterocycles. The summed E-state index contributed by atoms with van der Waals surface area (Å²) in [6, 6.07) is 3.76. The highest BCUT2D eigenvalue weighted by atomic mass is 16.6. The fourth-order valence-electron chi connectivity index (χ4n) is 1.78. The predicted molar refractivity (Wildman–Crippen MR) is 61.7 cm³/mol. The highest BCUT2D eigenvalue weighted by Gasteiger charge is 2.12. The van der Waals surface area contributed by atoms with Crippen LogP contribution in [0.3, 0.4) is 0 Å². The lowest BCUT2D eigenvalue weighted by atomic mass is 10.3. The Hall–Kier alpha value is -1.91. The number of rotatable bonds is 3. The standard InChI is InChI=1S/C11H13N3O2/c15-14(16)8-5-10-3-4-11(12-9-10)13-6-1-2-7-13/h3-5,8-9H,1-2,6-7H2/b8-5+. The van der Waals surface area contributed by atoms with Gasteiger partial charge in [0.25, 0.3) is 0 Å². The molecule has 1 saturated heterocycles. The first-order valence-corrected chi connectivity index (χ1v) is 5.28. The molecule has 5 nitrogen and oxygen atoms in total. The number of hydrogen-bond acceptors (Lipinski definition) is 4. The van der Waals surface area contributed by atoms with Gasteiger partial charge in [-0.15, -0.1) is 0 Å². The van der Waals surface area contributed by atoms with E-state index < -0.39 is 4.92 Å². The molecule has 1 fully saturated rings. The van der Waals surface area contributed by atoms with Crippen molar-refractivity contribution in [1.82, 2.24) is 4.98 Å². The van der Waals surface area contributed by atoms with E-state index in [9.17, 15) is 10.1 Å². The monoisotopic (exact) mass is 219 g/mol. The summed E-state index contributed by atoms with van der Waals surface area (Å²) >= 11 is 0. The van der Waals surface area contributed by atoms with Gasteiger partial charge >= 0.3 is 0 Å². The lowest BCUT2D eigenvalue weighted by Gasteiger charge is -2.15. The van der Waals surface area contributed by atoms with Crippen molar-refractivity contribution in [3.63, 3.8) is 0 Å². The molecule has 0 saturated carbocycles. The van der Waals surface area contributed by atoms with E-state index in [2.05, 4.69) is 9.88 Å². The average molecular weight is 219 g/mol. The largest absolute Gasteiger partial charge is 0.357 e. The lowest BCUT2D eigenvalue weighted by Crippen LogP contribution is -2.18. The zero-order valence-electron chi connectivity index (χ0n) is 8.87. The molecule has 0 amide bonds. The zero-order valence-corrected chi connectivity index (χ0v) is 8.87. The summed E-state index contributed by atoms with van der Waals surface area (Å²) < 4.78 is 0. The van der Waals surface area contributed by atoms with E-state index in [4.69, 9.17) is 0 Å². The molecule has 0 aromatic carbocycles. The third kappa shape index (κ3) is 2.56. The first-order chi connectivity index (χ1) is 7.75. The van der Waals surface area contributed by atoms with Crippen molar-refractivity contribution in [3.8, 4) is 0 Å². The Bertz CT molecular complexity index is 394.